The number of halogens is 1. The van der Waals surface area contributed by atoms with Crippen molar-refractivity contribution in [3.63, 3.8) is 0 Å². The number of amides is 2. The number of hydrogen-bond acceptors (Lipinski definition) is 3. The minimum Gasteiger partial charge on any atom is -0.347 e. The average Bonchev–Trinajstić information content (AvgIpc) is 2.53. The van der Waals surface area contributed by atoms with E-state index in [0.717, 1.165) is 0 Å². The van der Waals surface area contributed by atoms with Crippen molar-refractivity contribution in [2.75, 3.05) is 11.9 Å². The Morgan fingerprint density at radius 2 is 1.87 bits per heavy atom. The first-order valence-corrected chi connectivity index (χ1v) is 6.88. The minimum absolute atomic E-state index is 0.0141. The molecule has 2 amide bonds. The fraction of sp³-hybridized carbons (Fsp3) is 0.118. The van der Waals surface area contributed by atoms with Crippen LogP contribution in [0.3, 0.4) is 0 Å². The monoisotopic (exact) mass is 311 g/mol. The van der Waals surface area contributed by atoms with Crippen molar-refractivity contribution in [3.05, 3.63) is 65.5 Å². The molecule has 2 N–H and O–H groups in total. The van der Waals surface area contributed by atoms with Crippen molar-refractivity contribution in [2.24, 2.45) is 0 Å². The van der Waals surface area contributed by atoms with Crippen molar-refractivity contribution in [2.45, 2.75) is 6.42 Å². The van der Waals surface area contributed by atoms with Gasteiger partial charge in [0.25, 0.3) is 0 Å². The van der Waals surface area contributed by atoms with E-state index in [2.05, 4.69) is 10.6 Å². The number of hydrogen-bond donors (Lipinski definition) is 2. The molecule has 0 aliphatic heterocycles. The lowest BCUT2D eigenvalue weighted by atomic mass is 10.1. The van der Waals surface area contributed by atoms with Crippen LogP contribution in [0, 0.1) is 17.1 Å². The summed E-state index contributed by atoms with van der Waals surface area (Å²) in [5.41, 5.74) is 1.25. The number of nitrogens with one attached hydrogen (secondary N) is 2. The van der Waals surface area contributed by atoms with Crippen LogP contribution in [0.5, 0.6) is 0 Å². The van der Waals surface area contributed by atoms with E-state index in [9.17, 15) is 14.0 Å². The predicted molar refractivity (Wildman–Crippen MR) is 82.9 cm³/mol. The first-order valence-electron chi connectivity index (χ1n) is 6.88. The molecular formula is C17H14FN3O2. The standard InChI is InChI=1S/C17H14FN3O2/c18-14-6-3-4-12(8-14)9-16(22)20-11-17(23)21-15-7-2-1-5-13(15)10-19/h1-8H,9,11H2,(H,20,22)(H,21,23). The number of nitrogens with zero attached hydrogens (tertiary/aromatic N) is 1. The summed E-state index contributed by atoms with van der Waals surface area (Å²) < 4.78 is 13.0. The Morgan fingerprint density at radius 3 is 2.61 bits per heavy atom. The summed E-state index contributed by atoms with van der Waals surface area (Å²) in [6, 6.07) is 14.2. The molecule has 116 valence electrons. The smallest absolute Gasteiger partial charge is 0.243 e. The minimum atomic E-state index is -0.444. The summed E-state index contributed by atoms with van der Waals surface area (Å²) in [5.74, 6) is -1.25. The summed E-state index contributed by atoms with van der Waals surface area (Å²) in [6.45, 7) is -0.228. The SMILES string of the molecule is N#Cc1ccccc1NC(=O)CNC(=O)Cc1cccc(F)c1. The fourth-order valence-corrected chi connectivity index (χ4v) is 1.96. The molecule has 0 aromatic heterocycles. The number of carbonyl (C=O) groups excluding carboxylic acids is 2. The molecule has 0 atom stereocenters. The van der Waals surface area contributed by atoms with E-state index in [4.69, 9.17) is 5.26 Å². The molecular weight excluding hydrogens is 297 g/mol. The third-order valence-corrected chi connectivity index (χ3v) is 3.02. The van der Waals surface area contributed by atoms with Gasteiger partial charge in [-0.3, -0.25) is 9.59 Å². The Labute approximate surface area is 132 Å². The van der Waals surface area contributed by atoms with Gasteiger partial charge in [-0.25, -0.2) is 4.39 Å². The van der Waals surface area contributed by atoms with Gasteiger partial charge in [0.15, 0.2) is 0 Å². The van der Waals surface area contributed by atoms with Crippen molar-refractivity contribution in [1.82, 2.24) is 5.32 Å². The van der Waals surface area contributed by atoms with Gasteiger partial charge in [0, 0.05) is 0 Å². The van der Waals surface area contributed by atoms with Crippen molar-refractivity contribution in [3.8, 4) is 6.07 Å². The second kappa shape index (κ2) is 7.71. The third-order valence-electron chi connectivity index (χ3n) is 3.02. The van der Waals surface area contributed by atoms with Crippen LogP contribution in [0.1, 0.15) is 11.1 Å². The highest BCUT2D eigenvalue weighted by atomic mass is 19.1. The molecule has 0 heterocycles. The molecule has 0 spiro atoms. The van der Waals surface area contributed by atoms with Crippen LogP contribution < -0.4 is 10.6 Å². The number of rotatable bonds is 5. The van der Waals surface area contributed by atoms with Gasteiger partial charge in [-0.05, 0) is 29.8 Å². The van der Waals surface area contributed by atoms with Crippen LogP contribution in [0.15, 0.2) is 48.5 Å². The Bertz CT molecular complexity index is 768. The molecule has 5 nitrogen and oxygen atoms in total. The lowest BCUT2D eigenvalue weighted by molar-refractivity contribution is -0.123. The van der Waals surface area contributed by atoms with E-state index in [0.29, 0.717) is 16.8 Å². The first kappa shape index (κ1) is 16.2. The number of para-hydroxylation sites is 1. The number of nitriles is 1. The van der Waals surface area contributed by atoms with E-state index >= 15 is 0 Å². The Kier molecular flexibility index (Phi) is 5.42. The molecule has 2 rings (SSSR count). The van der Waals surface area contributed by atoms with Crippen LogP contribution >= 0.6 is 0 Å². The summed E-state index contributed by atoms with van der Waals surface area (Å²) in [4.78, 5) is 23.5. The van der Waals surface area contributed by atoms with Crippen molar-refractivity contribution < 1.29 is 14.0 Å². The fourth-order valence-electron chi connectivity index (χ4n) is 1.96. The zero-order valence-corrected chi connectivity index (χ0v) is 12.2. The summed E-state index contributed by atoms with van der Waals surface area (Å²) in [7, 11) is 0. The molecule has 0 radical (unpaired) electrons. The highest BCUT2D eigenvalue weighted by Gasteiger charge is 2.09. The quantitative estimate of drug-likeness (QED) is 0.886. The third kappa shape index (κ3) is 4.93. The normalized spacial score (nSPS) is 9.74. The van der Waals surface area contributed by atoms with Crippen LogP contribution in [0.2, 0.25) is 0 Å². The zero-order chi connectivity index (χ0) is 16.7. The van der Waals surface area contributed by atoms with Gasteiger partial charge in [-0.2, -0.15) is 5.26 Å². The Morgan fingerprint density at radius 1 is 1.09 bits per heavy atom. The van der Waals surface area contributed by atoms with E-state index in [1.807, 2.05) is 6.07 Å². The molecule has 6 heteroatoms. The molecule has 0 saturated carbocycles. The van der Waals surface area contributed by atoms with E-state index in [1.165, 1.54) is 18.2 Å². The molecule has 0 aliphatic rings. The van der Waals surface area contributed by atoms with E-state index in [-0.39, 0.29) is 18.9 Å². The summed E-state index contributed by atoms with van der Waals surface area (Å²) in [5, 5.41) is 13.9. The van der Waals surface area contributed by atoms with Gasteiger partial charge in [-0.1, -0.05) is 24.3 Å². The lowest BCUT2D eigenvalue weighted by Crippen LogP contribution is -2.33. The first-order chi connectivity index (χ1) is 11.1. The maximum Gasteiger partial charge on any atom is 0.243 e. The molecule has 2 aromatic carbocycles. The van der Waals surface area contributed by atoms with Crippen LogP contribution in [-0.2, 0) is 16.0 Å². The van der Waals surface area contributed by atoms with Gasteiger partial charge >= 0.3 is 0 Å². The predicted octanol–water partition coefficient (Wildman–Crippen LogP) is 1.99. The highest BCUT2D eigenvalue weighted by molar-refractivity contribution is 5.95. The van der Waals surface area contributed by atoms with E-state index in [1.54, 1.807) is 30.3 Å². The maximum absolute atomic E-state index is 13.0. The molecule has 0 saturated heterocycles. The number of anilines is 1. The van der Waals surface area contributed by atoms with Gasteiger partial charge in [0.05, 0.1) is 24.2 Å². The van der Waals surface area contributed by atoms with Gasteiger partial charge in [-0.15, -0.1) is 0 Å². The summed E-state index contributed by atoms with van der Waals surface area (Å²) in [6.07, 6.45) is -0.0141. The van der Waals surface area contributed by atoms with E-state index < -0.39 is 11.7 Å². The van der Waals surface area contributed by atoms with Gasteiger partial charge < -0.3 is 10.6 Å². The van der Waals surface area contributed by atoms with Gasteiger partial charge in [0.1, 0.15) is 11.9 Å². The number of benzene rings is 2. The topological polar surface area (TPSA) is 82.0 Å². The zero-order valence-electron chi connectivity index (χ0n) is 12.2. The van der Waals surface area contributed by atoms with Crippen LogP contribution in [0.4, 0.5) is 10.1 Å². The largest absolute Gasteiger partial charge is 0.347 e. The molecule has 0 fully saturated rings. The second-order valence-corrected chi connectivity index (χ2v) is 4.79. The van der Waals surface area contributed by atoms with Crippen LogP contribution in [-0.4, -0.2) is 18.4 Å². The van der Waals surface area contributed by atoms with Crippen molar-refractivity contribution >= 4 is 17.5 Å². The molecule has 0 bridgehead atoms. The highest BCUT2D eigenvalue weighted by Crippen LogP contribution is 2.12. The lowest BCUT2D eigenvalue weighted by Gasteiger charge is -2.08. The molecule has 0 aliphatic carbocycles. The Balaban J connectivity index is 1.84. The molecule has 23 heavy (non-hydrogen) atoms. The maximum atomic E-state index is 13.0. The number of carbonyl (C=O) groups is 2. The van der Waals surface area contributed by atoms with Gasteiger partial charge in [0.2, 0.25) is 11.8 Å². The Hall–Kier alpha value is -3.20. The van der Waals surface area contributed by atoms with Crippen molar-refractivity contribution in [1.29, 1.82) is 5.26 Å². The molecule has 0 unspecified atom stereocenters. The average molecular weight is 311 g/mol. The molecule has 2 aromatic rings. The second-order valence-electron chi connectivity index (χ2n) is 4.79. The summed E-state index contributed by atoms with van der Waals surface area (Å²) >= 11 is 0. The van der Waals surface area contributed by atoms with Crippen LogP contribution in [0.25, 0.3) is 0 Å².